The Morgan fingerprint density at radius 2 is 1.63 bits per heavy atom. The maximum atomic E-state index is 12.3. The molecule has 0 aliphatic carbocycles. The van der Waals surface area contributed by atoms with Crippen molar-refractivity contribution in [3.63, 3.8) is 0 Å². The van der Waals surface area contributed by atoms with Gasteiger partial charge in [0.2, 0.25) is 5.51 Å². The summed E-state index contributed by atoms with van der Waals surface area (Å²) < 4.78 is 15.1. The minimum absolute atomic E-state index is 0. The number of nitrogens with zero attached hydrogens (tertiary/aromatic N) is 3. The highest BCUT2D eigenvalue weighted by Gasteiger charge is 2.18. The van der Waals surface area contributed by atoms with Crippen LogP contribution in [0.5, 0.6) is 0 Å². The first-order chi connectivity index (χ1) is 20.5. The van der Waals surface area contributed by atoms with Gasteiger partial charge < -0.3 is 27.2 Å². The number of halogens is 1. The first-order valence-electron chi connectivity index (χ1n) is 16.2. The van der Waals surface area contributed by atoms with Crippen LogP contribution in [-0.2, 0) is 22.6 Å². The molecular formula is C32H55ClN4O5S. The fourth-order valence-corrected chi connectivity index (χ4v) is 5.85. The van der Waals surface area contributed by atoms with Crippen molar-refractivity contribution in [2.24, 2.45) is 0 Å². The number of carbonyl (C=O) groups is 1. The van der Waals surface area contributed by atoms with Gasteiger partial charge >= 0.3 is 11.8 Å². The van der Waals surface area contributed by atoms with E-state index in [0.29, 0.717) is 19.5 Å². The normalized spacial score (nSPS) is 15.0. The lowest BCUT2D eigenvalue weighted by molar-refractivity contribution is -0.693. The second-order valence-corrected chi connectivity index (χ2v) is 11.9. The molecular weight excluding hydrogens is 588 g/mol. The average molecular weight is 643 g/mol. The number of cyclic esters (lactones) is 1. The van der Waals surface area contributed by atoms with Gasteiger partial charge in [-0.2, -0.15) is 4.57 Å². The summed E-state index contributed by atoms with van der Waals surface area (Å²) in [5.74, 6) is 0. The van der Waals surface area contributed by atoms with E-state index in [1.807, 2.05) is 28.6 Å². The predicted molar refractivity (Wildman–Crippen MR) is 169 cm³/mol. The fourth-order valence-electron chi connectivity index (χ4n) is 5.22. The molecule has 2 unspecified atom stereocenters. The summed E-state index contributed by atoms with van der Waals surface area (Å²) in [6.45, 7) is 5.92. The number of unbranched alkanes of at least 4 members (excludes halogenated alkanes) is 12. The molecule has 3 heterocycles. The number of methoxy groups -OCH3 is 1. The number of alkyl carbamates (subject to hydrolysis) is 1. The number of hydrogen-bond acceptors (Lipinski definition) is 6. The van der Waals surface area contributed by atoms with Crippen LogP contribution in [0.1, 0.15) is 123 Å². The highest BCUT2D eigenvalue weighted by Crippen LogP contribution is 2.16. The van der Waals surface area contributed by atoms with Crippen molar-refractivity contribution in [2.45, 2.75) is 142 Å². The van der Waals surface area contributed by atoms with E-state index in [2.05, 4.69) is 12.2 Å². The first kappa shape index (κ1) is 38.9. The SMILES string of the molecule is CCC(OC)n1ccc(=O)n(CC[n+]2ccsc2)c1=O.CCCCCCCCCCCCCCCC1CCNC(=O)O1.[Cl-]. The predicted octanol–water partition coefficient (Wildman–Crippen LogP) is 3.58. The van der Waals surface area contributed by atoms with Crippen molar-refractivity contribution in [2.75, 3.05) is 13.7 Å². The Bertz CT molecular complexity index is 1090. The zero-order valence-corrected chi connectivity index (χ0v) is 28.2. The van der Waals surface area contributed by atoms with Gasteiger partial charge in [0.15, 0.2) is 12.7 Å². The van der Waals surface area contributed by atoms with Gasteiger partial charge in [0.05, 0.1) is 11.9 Å². The topological polar surface area (TPSA) is 95.4 Å². The average Bonchev–Trinajstić information content (AvgIpc) is 3.51. The fraction of sp³-hybridized carbons (Fsp3) is 0.750. The van der Waals surface area contributed by atoms with E-state index in [0.717, 1.165) is 19.4 Å². The number of thiazole rings is 1. The Morgan fingerprint density at radius 1 is 1.00 bits per heavy atom. The molecule has 1 aliphatic rings. The van der Waals surface area contributed by atoms with Crippen molar-refractivity contribution in [1.29, 1.82) is 0 Å². The molecule has 0 radical (unpaired) electrons. The molecule has 1 amide bonds. The van der Waals surface area contributed by atoms with Crippen LogP contribution in [0.2, 0.25) is 0 Å². The summed E-state index contributed by atoms with van der Waals surface area (Å²) >= 11 is 1.57. The molecule has 0 spiro atoms. The van der Waals surface area contributed by atoms with Gasteiger partial charge in [0, 0.05) is 32.3 Å². The zero-order chi connectivity index (χ0) is 30.4. The Hall–Kier alpha value is -2.17. The molecule has 0 saturated carbocycles. The van der Waals surface area contributed by atoms with Crippen molar-refractivity contribution >= 4 is 17.4 Å². The molecule has 2 atom stereocenters. The minimum Gasteiger partial charge on any atom is -1.00 e. The largest absolute Gasteiger partial charge is 1.00 e. The minimum atomic E-state index is -0.344. The number of amides is 1. The van der Waals surface area contributed by atoms with Gasteiger partial charge in [0.25, 0.3) is 5.56 Å². The van der Waals surface area contributed by atoms with Crippen molar-refractivity contribution in [1.82, 2.24) is 14.5 Å². The summed E-state index contributed by atoms with van der Waals surface area (Å²) in [5.41, 5.74) is 1.33. The highest BCUT2D eigenvalue weighted by atomic mass is 35.5. The molecule has 9 nitrogen and oxygen atoms in total. The summed E-state index contributed by atoms with van der Waals surface area (Å²) in [7, 11) is 1.55. The van der Waals surface area contributed by atoms with Gasteiger partial charge in [-0.25, -0.2) is 9.59 Å². The van der Waals surface area contributed by atoms with Crippen molar-refractivity contribution in [3.8, 4) is 0 Å². The smallest absolute Gasteiger partial charge is 0.407 e. The molecule has 2 aromatic rings. The summed E-state index contributed by atoms with van der Waals surface area (Å²) in [6, 6.07) is 1.40. The van der Waals surface area contributed by atoms with E-state index in [-0.39, 0.29) is 42.1 Å². The highest BCUT2D eigenvalue weighted by molar-refractivity contribution is 7.07. The molecule has 43 heavy (non-hydrogen) atoms. The van der Waals surface area contributed by atoms with Crippen LogP contribution in [-0.4, -0.2) is 35.0 Å². The number of carbonyl (C=O) groups excluding carboxylic acids is 1. The second-order valence-electron chi connectivity index (χ2n) is 11.1. The third kappa shape index (κ3) is 15.9. The Labute approximate surface area is 268 Å². The number of aryl methyl sites for hydroxylation is 1. The van der Waals surface area contributed by atoms with E-state index in [1.54, 1.807) is 18.4 Å². The molecule has 1 fully saturated rings. The van der Waals surface area contributed by atoms with Crippen LogP contribution in [0.25, 0.3) is 0 Å². The molecule has 1 N–H and O–H groups in total. The van der Waals surface area contributed by atoms with Crippen molar-refractivity contribution < 1.29 is 31.2 Å². The van der Waals surface area contributed by atoms with Gasteiger partial charge in [-0.1, -0.05) is 102 Å². The van der Waals surface area contributed by atoms with Crippen LogP contribution in [0.4, 0.5) is 4.79 Å². The summed E-state index contributed by atoms with van der Waals surface area (Å²) in [6.07, 6.45) is 23.7. The number of hydrogen-bond donors (Lipinski definition) is 1. The molecule has 1 saturated heterocycles. The molecule has 0 bridgehead atoms. The Kier molecular flexibility index (Phi) is 21.9. The van der Waals surface area contributed by atoms with Gasteiger partial charge in [-0.15, -0.1) is 0 Å². The van der Waals surface area contributed by atoms with Crippen molar-refractivity contribution in [3.05, 3.63) is 50.2 Å². The lowest BCUT2D eigenvalue weighted by Crippen LogP contribution is -3.00. The van der Waals surface area contributed by atoms with E-state index < -0.39 is 0 Å². The molecule has 0 aromatic carbocycles. The van der Waals surface area contributed by atoms with E-state index in [9.17, 15) is 14.4 Å². The van der Waals surface area contributed by atoms with Crippen LogP contribution in [0.15, 0.2) is 38.9 Å². The lowest BCUT2D eigenvalue weighted by Gasteiger charge is -2.22. The van der Waals surface area contributed by atoms with Crippen LogP contribution in [0.3, 0.4) is 0 Å². The molecule has 246 valence electrons. The van der Waals surface area contributed by atoms with E-state index in [1.165, 1.54) is 105 Å². The lowest BCUT2D eigenvalue weighted by atomic mass is 10.0. The number of aromatic nitrogens is 3. The summed E-state index contributed by atoms with van der Waals surface area (Å²) in [4.78, 5) is 35.3. The summed E-state index contributed by atoms with van der Waals surface area (Å²) in [5, 5.41) is 4.65. The van der Waals surface area contributed by atoms with Gasteiger partial charge in [0.1, 0.15) is 12.3 Å². The number of nitrogens with one attached hydrogen (secondary N) is 1. The third-order valence-electron chi connectivity index (χ3n) is 7.78. The van der Waals surface area contributed by atoms with Crippen LogP contribution in [0, 0.1) is 0 Å². The second kappa shape index (κ2) is 24.2. The molecule has 2 aromatic heterocycles. The third-order valence-corrected chi connectivity index (χ3v) is 8.45. The Balaban J connectivity index is 0.000000422. The van der Waals surface area contributed by atoms with Gasteiger partial charge in [-0.05, 0) is 19.3 Å². The monoisotopic (exact) mass is 642 g/mol. The quantitative estimate of drug-likeness (QED) is 0.176. The van der Waals surface area contributed by atoms with E-state index in [4.69, 9.17) is 9.47 Å². The molecule has 11 heteroatoms. The van der Waals surface area contributed by atoms with Crippen LogP contribution >= 0.6 is 11.3 Å². The van der Waals surface area contributed by atoms with Crippen LogP contribution < -0.4 is 33.5 Å². The van der Waals surface area contributed by atoms with E-state index >= 15 is 0 Å². The number of ether oxygens (including phenoxy) is 2. The maximum absolute atomic E-state index is 12.3. The maximum Gasteiger partial charge on any atom is 0.407 e. The molecule has 3 rings (SSSR count). The van der Waals surface area contributed by atoms with Gasteiger partial charge in [-0.3, -0.25) is 13.9 Å². The Morgan fingerprint density at radius 3 is 2.16 bits per heavy atom. The number of rotatable bonds is 20. The first-order valence-corrected chi connectivity index (χ1v) is 17.1. The standard InChI is InChI=1S/C19H37NO2.C13H18N3O3S.ClH/c1-2-3-4-5-6-7-8-9-10-11-12-13-14-15-18-16-17-20-19(21)22-18;1-3-12(19-2)16-5-4-11(17)15(13(16)18)7-6-14-8-9-20-10-14;/h18H,2-17H2,1H3,(H,20,21);4-5,8-10,12H,3,6-7H2,1-2H3;1H/q;+1;/p-1. The molecule has 1 aliphatic heterocycles. The zero-order valence-electron chi connectivity index (χ0n) is 26.6.